The lowest BCUT2D eigenvalue weighted by molar-refractivity contribution is 0.00578. The third kappa shape index (κ3) is 3.85. The third-order valence-corrected chi connectivity index (χ3v) is 5.20. The first kappa shape index (κ1) is 19.8. The minimum absolute atomic E-state index is 0.354. The van der Waals surface area contributed by atoms with Gasteiger partial charge in [0.05, 0.1) is 11.2 Å². The molecule has 1 aliphatic rings. The molecule has 0 N–H and O–H groups in total. The van der Waals surface area contributed by atoms with Crippen LogP contribution >= 0.6 is 0 Å². The number of ether oxygens (including phenoxy) is 1. The number of aryl methyl sites for hydroxylation is 2. The Morgan fingerprint density at radius 3 is 2.08 bits per heavy atom. The first-order valence-corrected chi connectivity index (χ1v) is 8.96. The lowest BCUT2D eigenvalue weighted by Gasteiger charge is -2.32. The number of benzene rings is 1. The van der Waals surface area contributed by atoms with E-state index in [4.69, 9.17) is 14.0 Å². The number of nitrogens with zero attached hydrogens (tertiary/aromatic N) is 1. The van der Waals surface area contributed by atoms with E-state index < -0.39 is 18.3 Å². The van der Waals surface area contributed by atoms with Crippen LogP contribution in [0.3, 0.4) is 0 Å². The Labute approximate surface area is 151 Å². The number of carbonyl (C=O) groups is 1. The Bertz CT molecular complexity index is 637. The van der Waals surface area contributed by atoms with Gasteiger partial charge in [-0.1, -0.05) is 6.07 Å². The first-order valence-electron chi connectivity index (χ1n) is 8.96. The molecule has 0 unspecified atom stereocenters. The van der Waals surface area contributed by atoms with Crippen LogP contribution in [0.1, 0.15) is 52.7 Å². The summed E-state index contributed by atoms with van der Waals surface area (Å²) in [6.07, 6.45) is -0.354. The highest BCUT2D eigenvalue weighted by Crippen LogP contribution is 2.37. The van der Waals surface area contributed by atoms with Gasteiger partial charge in [-0.3, -0.25) is 0 Å². The normalized spacial score (nSPS) is 18.3. The van der Waals surface area contributed by atoms with Gasteiger partial charge in [0.15, 0.2) is 0 Å². The van der Waals surface area contributed by atoms with Gasteiger partial charge in [0.25, 0.3) is 0 Å². The fourth-order valence-electron chi connectivity index (χ4n) is 2.93. The number of rotatable bonds is 4. The van der Waals surface area contributed by atoms with Crippen molar-refractivity contribution in [3.8, 4) is 5.75 Å². The van der Waals surface area contributed by atoms with Crippen LogP contribution in [0.5, 0.6) is 5.75 Å². The number of amides is 1. The topological polar surface area (TPSA) is 48.0 Å². The van der Waals surface area contributed by atoms with E-state index in [1.54, 1.807) is 4.90 Å². The van der Waals surface area contributed by atoms with Gasteiger partial charge < -0.3 is 18.9 Å². The van der Waals surface area contributed by atoms with Crippen LogP contribution in [0, 0.1) is 13.8 Å². The molecule has 1 aromatic rings. The van der Waals surface area contributed by atoms with Crippen LogP contribution in [0.15, 0.2) is 12.1 Å². The summed E-state index contributed by atoms with van der Waals surface area (Å²) >= 11 is 0. The maximum atomic E-state index is 12.4. The van der Waals surface area contributed by atoms with E-state index in [9.17, 15) is 4.79 Å². The van der Waals surface area contributed by atoms with Crippen molar-refractivity contribution in [2.24, 2.45) is 0 Å². The zero-order valence-corrected chi connectivity index (χ0v) is 16.7. The first-order chi connectivity index (χ1) is 11.5. The predicted octanol–water partition coefficient (Wildman–Crippen LogP) is 3.44. The quantitative estimate of drug-likeness (QED) is 0.783. The van der Waals surface area contributed by atoms with Crippen molar-refractivity contribution in [3.63, 3.8) is 0 Å². The van der Waals surface area contributed by atoms with Crippen LogP contribution in [0.25, 0.3) is 0 Å². The van der Waals surface area contributed by atoms with Gasteiger partial charge in [0.2, 0.25) is 0 Å². The van der Waals surface area contributed by atoms with Gasteiger partial charge in [0.1, 0.15) is 5.75 Å². The largest absolute Gasteiger partial charge is 0.498 e. The molecule has 1 heterocycles. The molecular formula is C19H30BNO4. The second-order valence-corrected chi connectivity index (χ2v) is 7.62. The van der Waals surface area contributed by atoms with Crippen LogP contribution in [0.4, 0.5) is 4.79 Å². The molecule has 6 heteroatoms. The fraction of sp³-hybridized carbons (Fsp3) is 0.632. The van der Waals surface area contributed by atoms with E-state index in [-0.39, 0.29) is 6.09 Å². The average Bonchev–Trinajstić information content (AvgIpc) is 2.67. The molecule has 0 bridgehead atoms. The van der Waals surface area contributed by atoms with Crippen molar-refractivity contribution in [2.45, 2.75) is 66.6 Å². The van der Waals surface area contributed by atoms with Crippen LogP contribution in [-0.4, -0.2) is 42.4 Å². The molecule has 1 aliphatic heterocycles. The summed E-state index contributed by atoms with van der Waals surface area (Å²) in [4.78, 5) is 14.1. The Morgan fingerprint density at radius 2 is 1.60 bits per heavy atom. The highest BCUT2D eigenvalue weighted by molar-refractivity contribution is 6.63. The zero-order chi connectivity index (χ0) is 19.0. The minimum atomic E-state index is -0.565. The van der Waals surface area contributed by atoms with Crippen molar-refractivity contribution in [1.29, 1.82) is 0 Å². The summed E-state index contributed by atoms with van der Waals surface area (Å²) in [5.74, 6) is 0.507. The Hall–Kier alpha value is -1.53. The molecule has 0 saturated carbocycles. The van der Waals surface area contributed by atoms with Crippen molar-refractivity contribution >= 4 is 18.7 Å². The maximum absolute atomic E-state index is 12.4. The van der Waals surface area contributed by atoms with E-state index in [1.807, 2.05) is 61.5 Å². The molecule has 0 spiro atoms. The zero-order valence-electron chi connectivity index (χ0n) is 16.7. The Morgan fingerprint density at radius 1 is 1.08 bits per heavy atom. The molecule has 0 aliphatic carbocycles. The summed E-state index contributed by atoms with van der Waals surface area (Å²) in [6, 6.07) is 3.92. The summed E-state index contributed by atoms with van der Waals surface area (Å²) in [6.45, 7) is 17.1. The van der Waals surface area contributed by atoms with E-state index in [1.165, 1.54) is 0 Å². The molecule has 25 heavy (non-hydrogen) atoms. The van der Waals surface area contributed by atoms with E-state index in [0.29, 0.717) is 18.8 Å². The third-order valence-electron chi connectivity index (χ3n) is 5.20. The Kier molecular flexibility index (Phi) is 5.54. The van der Waals surface area contributed by atoms with Gasteiger partial charge >= 0.3 is 13.2 Å². The molecule has 0 radical (unpaired) electrons. The van der Waals surface area contributed by atoms with Crippen molar-refractivity contribution < 1.29 is 18.8 Å². The highest BCUT2D eigenvalue weighted by atomic mass is 16.7. The second-order valence-electron chi connectivity index (χ2n) is 7.62. The number of hydrogen-bond acceptors (Lipinski definition) is 4. The molecule has 5 nitrogen and oxygen atoms in total. The lowest BCUT2D eigenvalue weighted by Crippen LogP contribution is -2.41. The predicted molar refractivity (Wildman–Crippen MR) is 101 cm³/mol. The van der Waals surface area contributed by atoms with Crippen LogP contribution < -0.4 is 10.2 Å². The molecule has 2 rings (SSSR count). The van der Waals surface area contributed by atoms with Crippen molar-refractivity contribution in [3.05, 3.63) is 23.3 Å². The second kappa shape index (κ2) is 7.00. The van der Waals surface area contributed by atoms with E-state index in [2.05, 4.69) is 6.07 Å². The summed E-state index contributed by atoms with van der Waals surface area (Å²) in [7, 11) is -0.565. The molecule has 138 valence electrons. The van der Waals surface area contributed by atoms with Crippen LogP contribution in [0.2, 0.25) is 0 Å². The van der Waals surface area contributed by atoms with Gasteiger partial charge in [-0.15, -0.1) is 0 Å². The number of carbonyl (C=O) groups excluding carboxylic acids is 1. The lowest BCUT2D eigenvalue weighted by atomic mass is 9.75. The van der Waals surface area contributed by atoms with E-state index in [0.717, 1.165) is 16.6 Å². The molecule has 0 atom stereocenters. The molecule has 0 aromatic heterocycles. The average molecular weight is 347 g/mol. The molecule has 1 amide bonds. The molecule has 1 saturated heterocycles. The smallest absolute Gasteiger partial charge is 0.411 e. The number of hydrogen-bond donors (Lipinski definition) is 0. The van der Waals surface area contributed by atoms with Gasteiger partial charge in [-0.05, 0) is 72.6 Å². The Balaban J connectivity index is 2.41. The van der Waals surface area contributed by atoms with Gasteiger partial charge in [-0.25, -0.2) is 4.79 Å². The fourth-order valence-corrected chi connectivity index (χ4v) is 2.93. The van der Waals surface area contributed by atoms with Crippen molar-refractivity contribution in [2.75, 3.05) is 13.1 Å². The van der Waals surface area contributed by atoms with Crippen molar-refractivity contribution in [1.82, 2.24) is 4.90 Å². The van der Waals surface area contributed by atoms with E-state index >= 15 is 0 Å². The summed E-state index contributed by atoms with van der Waals surface area (Å²) in [5, 5.41) is 0. The maximum Gasteiger partial charge on any atom is 0.498 e. The van der Waals surface area contributed by atoms with Gasteiger partial charge in [0, 0.05) is 18.6 Å². The molecular weight excluding hydrogens is 317 g/mol. The molecule has 1 aromatic carbocycles. The SMILES string of the molecule is CCN(CC)C(=O)Oc1cc(C)cc(C)c1B1OC(C)(C)C(C)(C)O1. The summed E-state index contributed by atoms with van der Waals surface area (Å²) in [5.41, 5.74) is 1.90. The minimum Gasteiger partial charge on any atom is -0.411 e. The van der Waals surface area contributed by atoms with Crippen LogP contribution in [-0.2, 0) is 9.31 Å². The highest BCUT2D eigenvalue weighted by Gasteiger charge is 2.53. The molecule has 1 fully saturated rings. The summed E-state index contributed by atoms with van der Waals surface area (Å²) < 4.78 is 18.1. The monoisotopic (exact) mass is 347 g/mol. The standard InChI is InChI=1S/C19H30BNO4/c1-9-21(10-2)17(22)23-15-12-13(3)11-14(4)16(15)20-24-18(5,6)19(7,8)25-20/h11-12H,9-10H2,1-8H3. The van der Waals surface area contributed by atoms with Gasteiger partial charge in [-0.2, -0.15) is 0 Å².